The number of aryl methyl sites for hydroxylation is 2. The van der Waals surface area contributed by atoms with E-state index in [1.165, 1.54) is 16.7 Å². The molecule has 2 aromatic carbocycles. The van der Waals surface area contributed by atoms with Crippen LogP contribution in [0, 0.1) is 0 Å². The molecule has 1 heterocycles. The quantitative estimate of drug-likeness (QED) is 0.944. The number of nitrogens with zero attached hydrogens (tertiary/aromatic N) is 1. The van der Waals surface area contributed by atoms with Crippen LogP contribution in [0.5, 0.6) is 0 Å². The number of fused-ring (bicyclic) bond motifs is 2. The Bertz CT molecular complexity index is 666. The molecular weight excluding hydrogens is 272 g/mol. The van der Waals surface area contributed by atoms with Gasteiger partial charge in [0.25, 0.3) is 0 Å². The summed E-state index contributed by atoms with van der Waals surface area (Å²) >= 11 is 0. The maximum Gasteiger partial charge on any atom is 0.228 e. The van der Waals surface area contributed by atoms with E-state index in [-0.39, 0.29) is 5.91 Å². The summed E-state index contributed by atoms with van der Waals surface area (Å²) in [5, 5.41) is 3.06. The average Bonchev–Trinajstić information content (AvgIpc) is 2.55. The first-order valence-electron chi connectivity index (χ1n) is 7.89. The van der Waals surface area contributed by atoms with Crippen LogP contribution >= 0.6 is 0 Å². The highest BCUT2D eigenvalue weighted by Crippen LogP contribution is 2.28. The van der Waals surface area contributed by atoms with Crippen molar-refractivity contribution in [3.63, 3.8) is 0 Å². The number of rotatable bonds is 3. The molecule has 0 atom stereocenters. The lowest BCUT2D eigenvalue weighted by Gasteiger charge is -2.29. The summed E-state index contributed by atoms with van der Waals surface area (Å²) < 4.78 is 0. The molecule has 1 amide bonds. The lowest BCUT2D eigenvalue weighted by molar-refractivity contribution is -0.118. The van der Waals surface area contributed by atoms with Gasteiger partial charge in [-0.05, 0) is 42.6 Å². The van der Waals surface area contributed by atoms with Crippen molar-refractivity contribution >= 4 is 11.6 Å². The lowest BCUT2D eigenvalue weighted by Crippen LogP contribution is -2.34. The van der Waals surface area contributed by atoms with Crippen LogP contribution in [0.3, 0.4) is 0 Å². The molecule has 22 heavy (non-hydrogen) atoms. The van der Waals surface area contributed by atoms with Gasteiger partial charge in [0.15, 0.2) is 0 Å². The van der Waals surface area contributed by atoms with Gasteiger partial charge in [-0.15, -0.1) is 0 Å². The van der Waals surface area contributed by atoms with Gasteiger partial charge in [-0.2, -0.15) is 0 Å². The molecule has 0 aromatic heterocycles. The van der Waals surface area contributed by atoms with E-state index in [1.54, 1.807) is 0 Å². The molecule has 3 nitrogen and oxygen atoms in total. The topological polar surface area (TPSA) is 32.3 Å². The first-order chi connectivity index (χ1) is 10.8. The van der Waals surface area contributed by atoms with Crippen molar-refractivity contribution in [1.82, 2.24) is 5.32 Å². The summed E-state index contributed by atoms with van der Waals surface area (Å²) in [6.45, 7) is 1.37. The van der Waals surface area contributed by atoms with Crippen molar-refractivity contribution in [3.05, 3.63) is 65.2 Å². The Labute approximate surface area is 132 Å². The third-order valence-electron chi connectivity index (χ3n) is 4.28. The minimum absolute atomic E-state index is 0.179. The maximum atomic E-state index is 12.7. The fourth-order valence-corrected chi connectivity index (χ4v) is 3.06. The van der Waals surface area contributed by atoms with Crippen LogP contribution in [0.15, 0.2) is 48.5 Å². The fraction of sp³-hybridized carbons (Fsp3) is 0.316. The predicted octanol–water partition coefficient (Wildman–Crippen LogP) is 2.93. The summed E-state index contributed by atoms with van der Waals surface area (Å²) in [6, 6.07) is 16.7. The zero-order valence-corrected chi connectivity index (χ0v) is 13.0. The monoisotopic (exact) mass is 294 g/mol. The molecule has 0 saturated heterocycles. The number of para-hydroxylation sites is 1. The van der Waals surface area contributed by atoms with E-state index in [2.05, 4.69) is 47.8 Å². The van der Waals surface area contributed by atoms with Crippen LogP contribution in [0.2, 0.25) is 0 Å². The SMILES string of the molecule is CNCCC(=O)N1Cc2ccccc2CCc2ccccc21. The number of benzene rings is 2. The average molecular weight is 294 g/mol. The summed E-state index contributed by atoms with van der Waals surface area (Å²) in [4.78, 5) is 14.6. The third kappa shape index (κ3) is 3.04. The number of carbonyl (C=O) groups excluding carboxylic acids is 1. The van der Waals surface area contributed by atoms with Gasteiger partial charge in [-0.1, -0.05) is 42.5 Å². The first-order valence-corrected chi connectivity index (χ1v) is 7.89. The minimum atomic E-state index is 0.179. The number of hydrogen-bond donors (Lipinski definition) is 1. The smallest absolute Gasteiger partial charge is 0.228 e. The Balaban J connectivity index is 1.98. The van der Waals surface area contributed by atoms with E-state index < -0.39 is 0 Å². The molecule has 0 radical (unpaired) electrons. The van der Waals surface area contributed by atoms with Crippen molar-refractivity contribution in [1.29, 1.82) is 0 Å². The van der Waals surface area contributed by atoms with Gasteiger partial charge < -0.3 is 10.2 Å². The molecule has 3 rings (SSSR count). The molecule has 2 aromatic rings. The van der Waals surface area contributed by atoms with Crippen molar-refractivity contribution < 1.29 is 4.79 Å². The summed E-state index contributed by atoms with van der Waals surface area (Å²) in [7, 11) is 1.88. The van der Waals surface area contributed by atoms with E-state index in [1.807, 2.05) is 18.0 Å². The normalized spacial score (nSPS) is 13.8. The highest BCUT2D eigenvalue weighted by atomic mass is 16.2. The van der Waals surface area contributed by atoms with E-state index >= 15 is 0 Å². The number of amides is 1. The molecule has 0 saturated carbocycles. The van der Waals surface area contributed by atoms with Crippen LogP contribution < -0.4 is 10.2 Å². The standard InChI is InChI=1S/C19H22N2O/c1-20-13-12-19(22)21-14-17-8-3-2-6-15(17)10-11-16-7-4-5-9-18(16)21/h2-9,20H,10-14H2,1H3. The zero-order valence-electron chi connectivity index (χ0n) is 13.0. The van der Waals surface area contributed by atoms with Gasteiger partial charge in [0.05, 0.1) is 6.54 Å². The number of nitrogens with one attached hydrogen (secondary N) is 1. The second-order valence-corrected chi connectivity index (χ2v) is 5.73. The molecule has 114 valence electrons. The lowest BCUT2D eigenvalue weighted by atomic mass is 9.95. The van der Waals surface area contributed by atoms with E-state index in [9.17, 15) is 4.79 Å². The second-order valence-electron chi connectivity index (χ2n) is 5.73. The van der Waals surface area contributed by atoms with Crippen LogP contribution in [-0.4, -0.2) is 19.5 Å². The van der Waals surface area contributed by atoms with Crippen molar-refractivity contribution in [3.8, 4) is 0 Å². The van der Waals surface area contributed by atoms with Crippen molar-refractivity contribution in [2.45, 2.75) is 25.8 Å². The second kappa shape index (κ2) is 6.75. The summed E-state index contributed by atoms with van der Waals surface area (Å²) in [5.41, 5.74) is 4.94. The van der Waals surface area contributed by atoms with Crippen molar-refractivity contribution in [2.75, 3.05) is 18.5 Å². The Kier molecular flexibility index (Phi) is 4.54. The Morgan fingerprint density at radius 3 is 2.41 bits per heavy atom. The molecule has 0 unspecified atom stereocenters. The van der Waals surface area contributed by atoms with Gasteiger partial charge in [0, 0.05) is 18.7 Å². The Hall–Kier alpha value is -2.13. The minimum Gasteiger partial charge on any atom is -0.319 e. The molecule has 0 fully saturated rings. The molecule has 0 spiro atoms. The number of hydrogen-bond acceptors (Lipinski definition) is 2. The number of carbonyl (C=O) groups is 1. The molecule has 3 heteroatoms. The van der Waals surface area contributed by atoms with E-state index in [4.69, 9.17) is 0 Å². The zero-order chi connectivity index (χ0) is 15.4. The molecule has 1 aliphatic rings. The predicted molar refractivity (Wildman–Crippen MR) is 90.0 cm³/mol. The fourth-order valence-electron chi connectivity index (χ4n) is 3.06. The molecule has 1 aliphatic heterocycles. The molecule has 1 N–H and O–H groups in total. The van der Waals surface area contributed by atoms with Crippen LogP contribution in [0.1, 0.15) is 23.1 Å². The Morgan fingerprint density at radius 2 is 1.64 bits per heavy atom. The Morgan fingerprint density at radius 1 is 1.00 bits per heavy atom. The highest BCUT2D eigenvalue weighted by molar-refractivity contribution is 5.94. The van der Waals surface area contributed by atoms with Gasteiger partial charge >= 0.3 is 0 Å². The van der Waals surface area contributed by atoms with Crippen LogP contribution in [-0.2, 0) is 24.2 Å². The maximum absolute atomic E-state index is 12.7. The van der Waals surface area contributed by atoms with E-state index in [0.717, 1.165) is 18.5 Å². The first kappa shape index (κ1) is 14.8. The number of anilines is 1. The summed E-state index contributed by atoms with van der Waals surface area (Å²) in [5.74, 6) is 0.179. The molecule has 0 aliphatic carbocycles. The van der Waals surface area contributed by atoms with Gasteiger partial charge in [-0.25, -0.2) is 0 Å². The van der Waals surface area contributed by atoms with E-state index in [0.29, 0.717) is 19.5 Å². The highest BCUT2D eigenvalue weighted by Gasteiger charge is 2.21. The van der Waals surface area contributed by atoms with Crippen molar-refractivity contribution in [2.24, 2.45) is 0 Å². The van der Waals surface area contributed by atoms with Gasteiger partial charge in [0.2, 0.25) is 5.91 Å². The molecule has 0 bridgehead atoms. The summed E-state index contributed by atoms with van der Waals surface area (Å²) in [6.07, 6.45) is 2.53. The van der Waals surface area contributed by atoms with Gasteiger partial charge in [-0.3, -0.25) is 4.79 Å². The largest absolute Gasteiger partial charge is 0.319 e. The van der Waals surface area contributed by atoms with Crippen LogP contribution in [0.4, 0.5) is 5.69 Å². The van der Waals surface area contributed by atoms with Gasteiger partial charge in [0.1, 0.15) is 0 Å². The molecular formula is C19H22N2O. The third-order valence-corrected chi connectivity index (χ3v) is 4.28. The van der Waals surface area contributed by atoms with Crippen LogP contribution in [0.25, 0.3) is 0 Å².